The Balaban J connectivity index is 1.40. The molecule has 4 heterocycles. The third-order valence-electron chi connectivity index (χ3n) is 5.72. The first-order valence-electron chi connectivity index (χ1n) is 9.67. The van der Waals surface area contributed by atoms with E-state index in [1.165, 1.54) is 37.1 Å². The third kappa shape index (κ3) is 4.62. The summed E-state index contributed by atoms with van der Waals surface area (Å²) >= 11 is 1.59. The number of thioether (sulfide) groups is 1. The number of rotatable bonds is 6. The number of benzene rings is 1. The summed E-state index contributed by atoms with van der Waals surface area (Å²) in [4.78, 5) is 14.2. The van der Waals surface area contributed by atoms with Gasteiger partial charge in [0.25, 0.3) is 0 Å². The van der Waals surface area contributed by atoms with Crippen molar-refractivity contribution in [2.45, 2.75) is 37.1 Å². The number of hydrogen-bond donors (Lipinski definition) is 0. The summed E-state index contributed by atoms with van der Waals surface area (Å²) < 4.78 is 5.28. The molecular formula is C21H28N4OS. The number of nitrogens with zero attached hydrogens (tertiary/aromatic N) is 4. The largest absolute Gasteiger partial charge is 0.497 e. The molecule has 0 saturated carbocycles. The number of ether oxygens (including phenoxy) is 1. The second kappa shape index (κ2) is 8.59. The minimum absolute atomic E-state index is 0.627. The van der Waals surface area contributed by atoms with Gasteiger partial charge in [0.1, 0.15) is 5.75 Å². The van der Waals surface area contributed by atoms with Gasteiger partial charge in [0.2, 0.25) is 0 Å². The molecule has 1 aromatic heterocycles. The zero-order valence-corrected chi connectivity index (χ0v) is 17.0. The Morgan fingerprint density at radius 2 is 1.78 bits per heavy atom. The van der Waals surface area contributed by atoms with Crippen molar-refractivity contribution in [3.63, 3.8) is 0 Å². The Kier molecular flexibility index (Phi) is 5.95. The molecular weight excluding hydrogens is 356 g/mol. The molecule has 0 radical (unpaired) electrons. The van der Waals surface area contributed by atoms with Crippen LogP contribution in [0.1, 0.15) is 24.0 Å². The molecule has 0 amide bonds. The molecule has 3 fully saturated rings. The van der Waals surface area contributed by atoms with Gasteiger partial charge in [0.15, 0.2) is 5.16 Å². The first-order chi connectivity index (χ1) is 13.2. The van der Waals surface area contributed by atoms with Gasteiger partial charge in [0.05, 0.1) is 7.11 Å². The van der Waals surface area contributed by atoms with Crippen LogP contribution < -0.4 is 4.74 Å². The molecule has 2 unspecified atom stereocenters. The Bertz CT molecular complexity index is 735. The Hall–Kier alpha value is -1.63. The first kappa shape index (κ1) is 18.7. The van der Waals surface area contributed by atoms with Gasteiger partial charge in [-0.25, -0.2) is 9.97 Å². The molecule has 1 aromatic carbocycles. The molecule has 6 heteroatoms. The Morgan fingerprint density at radius 3 is 2.48 bits per heavy atom. The summed E-state index contributed by atoms with van der Waals surface area (Å²) in [6.45, 7) is 5.52. The summed E-state index contributed by atoms with van der Waals surface area (Å²) in [5, 5.41) is 0.849. The molecule has 5 nitrogen and oxygen atoms in total. The molecule has 2 atom stereocenters. The topological polar surface area (TPSA) is 41.5 Å². The normalized spacial score (nSPS) is 23.3. The van der Waals surface area contributed by atoms with E-state index in [1.54, 1.807) is 18.9 Å². The molecule has 0 spiro atoms. The molecule has 0 N–H and O–H groups in total. The van der Waals surface area contributed by atoms with Crippen molar-refractivity contribution in [2.75, 3.05) is 33.0 Å². The lowest BCUT2D eigenvalue weighted by Crippen LogP contribution is -2.43. The van der Waals surface area contributed by atoms with Gasteiger partial charge in [-0.1, -0.05) is 23.9 Å². The highest BCUT2D eigenvalue weighted by molar-refractivity contribution is 7.98. The molecule has 3 aliphatic rings. The molecule has 3 aliphatic heterocycles. The maximum absolute atomic E-state index is 5.28. The highest BCUT2D eigenvalue weighted by atomic mass is 32.2. The van der Waals surface area contributed by atoms with Crippen molar-refractivity contribution in [1.29, 1.82) is 0 Å². The van der Waals surface area contributed by atoms with Crippen LogP contribution in [0.5, 0.6) is 5.75 Å². The Labute approximate surface area is 166 Å². The number of aromatic nitrogens is 2. The minimum atomic E-state index is 0.627. The van der Waals surface area contributed by atoms with Crippen molar-refractivity contribution in [1.82, 2.24) is 19.8 Å². The lowest BCUT2D eigenvalue weighted by molar-refractivity contribution is 0.123. The predicted molar refractivity (Wildman–Crippen MR) is 109 cm³/mol. The standard InChI is InChI=1S/C21H28N4OS/c1-26-20-7-4-16(5-8-20)11-24-12-17-3-6-19(15-24)25(13-17)14-18-9-22-21(27-2)23-10-18/h4-5,7-10,17,19H,3,6,11-15H2,1-2H3. The summed E-state index contributed by atoms with van der Waals surface area (Å²) in [6.07, 6.45) is 8.65. The van der Waals surface area contributed by atoms with Crippen LogP contribution in [0.15, 0.2) is 41.8 Å². The van der Waals surface area contributed by atoms with Crippen LogP contribution in [0, 0.1) is 5.92 Å². The van der Waals surface area contributed by atoms with E-state index in [1.807, 2.05) is 18.6 Å². The maximum atomic E-state index is 5.28. The maximum Gasteiger partial charge on any atom is 0.187 e. The van der Waals surface area contributed by atoms with Crippen molar-refractivity contribution in [3.05, 3.63) is 47.8 Å². The number of piperidine rings is 1. The first-order valence-corrected chi connectivity index (χ1v) is 10.9. The lowest BCUT2D eigenvalue weighted by atomic mass is 9.95. The third-order valence-corrected chi connectivity index (χ3v) is 6.29. The van der Waals surface area contributed by atoms with E-state index in [0.717, 1.165) is 36.5 Å². The molecule has 2 bridgehead atoms. The fourth-order valence-electron chi connectivity index (χ4n) is 4.35. The van der Waals surface area contributed by atoms with Crippen LogP contribution in [0.4, 0.5) is 0 Å². The van der Waals surface area contributed by atoms with Crippen LogP contribution >= 0.6 is 11.8 Å². The van der Waals surface area contributed by atoms with Crippen molar-refractivity contribution in [2.24, 2.45) is 5.92 Å². The van der Waals surface area contributed by atoms with Crippen LogP contribution in [0.2, 0.25) is 0 Å². The average Bonchev–Trinajstić information content (AvgIpc) is 3.00. The number of hydrogen-bond acceptors (Lipinski definition) is 6. The fourth-order valence-corrected chi connectivity index (χ4v) is 4.67. The molecule has 3 saturated heterocycles. The molecule has 27 heavy (non-hydrogen) atoms. The van der Waals surface area contributed by atoms with E-state index >= 15 is 0 Å². The average molecular weight is 385 g/mol. The van der Waals surface area contributed by atoms with Crippen molar-refractivity contribution < 1.29 is 4.74 Å². The van der Waals surface area contributed by atoms with Crippen molar-refractivity contribution >= 4 is 11.8 Å². The van der Waals surface area contributed by atoms with Gasteiger partial charge in [-0.15, -0.1) is 0 Å². The molecule has 144 valence electrons. The van der Waals surface area contributed by atoms with E-state index in [2.05, 4.69) is 44.0 Å². The summed E-state index contributed by atoms with van der Waals surface area (Å²) in [5.74, 6) is 1.68. The molecule has 2 aromatic rings. The SMILES string of the molecule is COc1ccc(CN2CC3CCC(C2)N(Cc2cnc(SC)nc2)C3)cc1. The van der Waals surface area contributed by atoms with E-state index < -0.39 is 0 Å². The lowest BCUT2D eigenvalue weighted by Gasteiger charge is -2.36. The number of methoxy groups -OCH3 is 1. The van der Waals surface area contributed by atoms with E-state index in [9.17, 15) is 0 Å². The van der Waals surface area contributed by atoms with Crippen LogP contribution in [0.3, 0.4) is 0 Å². The van der Waals surface area contributed by atoms with Crippen LogP contribution in [-0.2, 0) is 13.1 Å². The van der Waals surface area contributed by atoms with Crippen LogP contribution in [-0.4, -0.2) is 58.8 Å². The summed E-state index contributed by atoms with van der Waals surface area (Å²) in [7, 11) is 1.72. The second-order valence-corrected chi connectivity index (χ2v) is 8.42. The highest BCUT2D eigenvalue weighted by Crippen LogP contribution is 2.30. The smallest absolute Gasteiger partial charge is 0.187 e. The quantitative estimate of drug-likeness (QED) is 0.562. The zero-order valence-electron chi connectivity index (χ0n) is 16.2. The predicted octanol–water partition coefficient (Wildman–Crippen LogP) is 3.30. The summed E-state index contributed by atoms with van der Waals surface area (Å²) in [5.41, 5.74) is 2.59. The monoisotopic (exact) mass is 384 g/mol. The van der Waals surface area contributed by atoms with Crippen molar-refractivity contribution in [3.8, 4) is 5.75 Å². The van der Waals surface area contributed by atoms with Crippen LogP contribution in [0.25, 0.3) is 0 Å². The van der Waals surface area contributed by atoms with E-state index in [-0.39, 0.29) is 0 Å². The highest BCUT2D eigenvalue weighted by Gasteiger charge is 2.34. The van der Waals surface area contributed by atoms with Gasteiger partial charge < -0.3 is 4.74 Å². The van der Waals surface area contributed by atoms with Gasteiger partial charge in [-0.3, -0.25) is 9.80 Å². The minimum Gasteiger partial charge on any atom is -0.497 e. The van der Waals surface area contributed by atoms with E-state index in [0.29, 0.717) is 6.04 Å². The Morgan fingerprint density at radius 1 is 1.00 bits per heavy atom. The van der Waals surface area contributed by atoms with E-state index in [4.69, 9.17) is 4.74 Å². The number of fused-ring (bicyclic) bond motifs is 4. The van der Waals surface area contributed by atoms with Gasteiger partial charge in [-0.2, -0.15) is 0 Å². The summed E-state index contributed by atoms with van der Waals surface area (Å²) in [6, 6.07) is 9.13. The second-order valence-electron chi connectivity index (χ2n) is 7.65. The van der Waals surface area contributed by atoms with Gasteiger partial charge >= 0.3 is 0 Å². The molecule has 5 rings (SSSR count). The van der Waals surface area contributed by atoms with Gasteiger partial charge in [0, 0.05) is 56.7 Å². The van der Waals surface area contributed by atoms with Gasteiger partial charge in [-0.05, 0) is 42.7 Å². The fraction of sp³-hybridized carbons (Fsp3) is 0.524. The zero-order chi connectivity index (χ0) is 18.6. The molecule has 0 aliphatic carbocycles.